The van der Waals surface area contributed by atoms with Gasteiger partial charge in [-0.3, -0.25) is 9.59 Å². The van der Waals surface area contributed by atoms with Crippen molar-refractivity contribution in [1.82, 2.24) is 4.90 Å². The van der Waals surface area contributed by atoms with Gasteiger partial charge in [-0.25, -0.2) is 4.39 Å². The zero-order chi connectivity index (χ0) is 20.3. The molecule has 1 heterocycles. The van der Waals surface area contributed by atoms with Crippen LogP contribution in [-0.2, 0) is 4.79 Å². The van der Waals surface area contributed by atoms with Crippen molar-refractivity contribution < 1.29 is 14.0 Å². The Morgan fingerprint density at radius 1 is 1.04 bits per heavy atom. The lowest BCUT2D eigenvalue weighted by atomic mass is 10.1. The Bertz CT molecular complexity index is 862. The molecule has 0 radical (unpaired) electrons. The number of amides is 2. The molecule has 0 saturated carbocycles. The van der Waals surface area contributed by atoms with E-state index in [2.05, 4.69) is 10.2 Å². The van der Waals surface area contributed by atoms with Gasteiger partial charge in [-0.1, -0.05) is 25.4 Å². The molecule has 2 aromatic carbocycles. The third-order valence-corrected chi connectivity index (χ3v) is 5.04. The molecule has 3 rings (SSSR count). The van der Waals surface area contributed by atoms with E-state index in [1.165, 1.54) is 24.3 Å². The Morgan fingerprint density at radius 3 is 2.25 bits per heavy atom. The molecule has 0 bridgehead atoms. The number of hydrogen-bond donors (Lipinski definition) is 1. The van der Waals surface area contributed by atoms with Gasteiger partial charge in [0.1, 0.15) is 5.82 Å². The highest BCUT2D eigenvalue weighted by Gasteiger charge is 2.24. The lowest BCUT2D eigenvalue weighted by Gasteiger charge is -2.37. The number of anilines is 2. The van der Waals surface area contributed by atoms with Gasteiger partial charge in [0, 0.05) is 43.3 Å². The van der Waals surface area contributed by atoms with Crippen LogP contribution in [0.5, 0.6) is 0 Å². The Hall–Kier alpha value is -2.60. The molecule has 1 fully saturated rings. The second-order valence-electron chi connectivity index (χ2n) is 7.09. The first-order valence-electron chi connectivity index (χ1n) is 9.25. The number of hydrogen-bond acceptors (Lipinski definition) is 3. The second kappa shape index (κ2) is 8.61. The van der Waals surface area contributed by atoms with E-state index < -0.39 is 0 Å². The fraction of sp³-hybridized carbons (Fsp3) is 0.333. The van der Waals surface area contributed by atoms with E-state index in [1.54, 1.807) is 12.1 Å². The average Bonchev–Trinajstić information content (AvgIpc) is 2.68. The van der Waals surface area contributed by atoms with Crippen molar-refractivity contribution in [2.45, 2.75) is 13.8 Å². The fourth-order valence-corrected chi connectivity index (χ4v) is 3.48. The fourth-order valence-electron chi connectivity index (χ4n) is 3.18. The van der Waals surface area contributed by atoms with Crippen molar-refractivity contribution in [1.29, 1.82) is 0 Å². The summed E-state index contributed by atoms with van der Waals surface area (Å²) in [7, 11) is 0. The van der Waals surface area contributed by atoms with Gasteiger partial charge >= 0.3 is 0 Å². The zero-order valence-corrected chi connectivity index (χ0v) is 16.7. The lowest BCUT2D eigenvalue weighted by Crippen LogP contribution is -2.50. The van der Waals surface area contributed by atoms with E-state index in [1.807, 2.05) is 24.8 Å². The maximum atomic E-state index is 13.0. The van der Waals surface area contributed by atoms with E-state index >= 15 is 0 Å². The lowest BCUT2D eigenvalue weighted by molar-refractivity contribution is -0.134. The summed E-state index contributed by atoms with van der Waals surface area (Å²) in [5.41, 5.74) is 1.81. The Balaban J connectivity index is 1.64. The van der Waals surface area contributed by atoms with Crippen molar-refractivity contribution in [3.63, 3.8) is 0 Å². The minimum absolute atomic E-state index is 0.000796. The minimum Gasteiger partial charge on any atom is -0.367 e. The van der Waals surface area contributed by atoms with Crippen LogP contribution in [0, 0.1) is 11.7 Å². The number of halogens is 2. The first-order valence-corrected chi connectivity index (χ1v) is 9.63. The number of piperazine rings is 1. The van der Waals surface area contributed by atoms with E-state index in [0.717, 1.165) is 5.69 Å². The van der Waals surface area contributed by atoms with Gasteiger partial charge in [-0.2, -0.15) is 0 Å². The molecule has 0 spiro atoms. The quantitative estimate of drug-likeness (QED) is 0.838. The van der Waals surface area contributed by atoms with E-state index in [9.17, 15) is 14.0 Å². The summed E-state index contributed by atoms with van der Waals surface area (Å²) in [4.78, 5) is 28.4. The van der Waals surface area contributed by atoms with E-state index in [0.29, 0.717) is 42.5 Å². The summed E-state index contributed by atoms with van der Waals surface area (Å²) in [5, 5.41) is 3.29. The van der Waals surface area contributed by atoms with Gasteiger partial charge in [0.2, 0.25) is 5.91 Å². The minimum atomic E-state index is -0.390. The van der Waals surface area contributed by atoms with Crippen molar-refractivity contribution in [3.8, 4) is 0 Å². The standard InChI is InChI=1S/C21H23ClFN3O2/c1-14(2)21(28)26-11-9-25(10-12-26)19-8-7-17(13-18(19)22)24-20(27)15-3-5-16(23)6-4-15/h3-8,13-14H,9-12H2,1-2H3,(H,24,27). The number of nitrogens with one attached hydrogen (secondary N) is 1. The highest BCUT2D eigenvalue weighted by molar-refractivity contribution is 6.33. The third kappa shape index (κ3) is 4.62. The van der Waals surface area contributed by atoms with Crippen LogP contribution in [0.15, 0.2) is 42.5 Å². The summed E-state index contributed by atoms with van der Waals surface area (Å²) in [6, 6.07) is 10.7. The number of carbonyl (C=O) groups excluding carboxylic acids is 2. The molecule has 0 aliphatic carbocycles. The molecular formula is C21H23ClFN3O2. The van der Waals surface area contributed by atoms with Gasteiger partial charge in [0.15, 0.2) is 0 Å². The molecule has 2 amide bonds. The number of nitrogens with zero attached hydrogens (tertiary/aromatic N) is 2. The van der Waals surface area contributed by atoms with Crippen LogP contribution in [-0.4, -0.2) is 42.9 Å². The van der Waals surface area contributed by atoms with E-state index in [-0.39, 0.29) is 23.5 Å². The molecule has 148 valence electrons. The number of rotatable bonds is 4. The van der Waals surface area contributed by atoms with Crippen LogP contribution in [0.2, 0.25) is 5.02 Å². The summed E-state index contributed by atoms with van der Waals surface area (Å²) >= 11 is 6.44. The molecule has 1 aliphatic rings. The molecule has 2 aromatic rings. The largest absolute Gasteiger partial charge is 0.367 e. The van der Waals surface area contributed by atoms with Gasteiger partial charge in [-0.05, 0) is 42.5 Å². The van der Waals surface area contributed by atoms with Gasteiger partial charge in [-0.15, -0.1) is 0 Å². The predicted molar refractivity (Wildman–Crippen MR) is 109 cm³/mol. The van der Waals surface area contributed by atoms with Crippen molar-refractivity contribution in [2.75, 3.05) is 36.4 Å². The highest BCUT2D eigenvalue weighted by atomic mass is 35.5. The Labute approximate surface area is 169 Å². The van der Waals surface area contributed by atoms with Crippen molar-refractivity contribution in [2.24, 2.45) is 5.92 Å². The van der Waals surface area contributed by atoms with Crippen LogP contribution in [0.1, 0.15) is 24.2 Å². The number of carbonyl (C=O) groups is 2. The summed E-state index contributed by atoms with van der Waals surface area (Å²) < 4.78 is 13.0. The molecule has 1 aliphatic heterocycles. The van der Waals surface area contributed by atoms with Gasteiger partial charge in [0.25, 0.3) is 5.91 Å². The molecule has 1 N–H and O–H groups in total. The molecular weight excluding hydrogens is 381 g/mol. The molecule has 28 heavy (non-hydrogen) atoms. The smallest absolute Gasteiger partial charge is 0.255 e. The van der Waals surface area contributed by atoms with Crippen molar-refractivity contribution in [3.05, 3.63) is 58.9 Å². The van der Waals surface area contributed by atoms with Crippen LogP contribution < -0.4 is 10.2 Å². The topological polar surface area (TPSA) is 52.7 Å². The number of benzene rings is 2. The second-order valence-corrected chi connectivity index (χ2v) is 7.50. The zero-order valence-electron chi connectivity index (χ0n) is 15.9. The summed E-state index contributed by atoms with van der Waals surface area (Å²) in [5.74, 6) is -0.549. The first kappa shape index (κ1) is 20.1. The molecule has 0 aromatic heterocycles. The highest BCUT2D eigenvalue weighted by Crippen LogP contribution is 2.30. The van der Waals surface area contributed by atoms with Gasteiger partial charge < -0.3 is 15.1 Å². The normalized spacial score (nSPS) is 14.3. The predicted octanol–water partition coefficient (Wildman–Crippen LogP) is 4.04. The van der Waals surface area contributed by atoms with Crippen LogP contribution in [0.3, 0.4) is 0 Å². The van der Waals surface area contributed by atoms with Crippen LogP contribution in [0.4, 0.5) is 15.8 Å². The first-order chi connectivity index (χ1) is 13.3. The van der Waals surface area contributed by atoms with Crippen LogP contribution >= 0.6 is 11.6 Å². The third-order valence-electron chi connectivity index (χ3n) is 4.74. The summed E-state index contributed by atoms with van der Waals surface area (Å²) in [6.45, 7) is 6.56. The monoisotopic (exact) mass is 403 g/mol. The average molecular weight is 404 g/mol. The maximum absolute atomic E-state index is 13.0. The molecule has 7 heteroatoms. The molecule has 5 nitrogen and oxygen atoms in total. The van der Waals surface area contributed by atoms with E-state index in [4.69, 9.17) is 11.6 Å². The molecule has 1 saturated heterocycles. The molecule has 0 atom stereocenters. The Morgan fingerprint density at radius 2 is 1.68 bits per heavy atom. The van der Waals surface area contributed by atoms with Crippen LogP contribution in [0.25, 0.3) is 0 Å². The maximum Gasteiger partial charge on any atom is 0.255 e. The molecule has 0 unspecified atom stereocenters. The Kier molecular flexibility index (Phi) is 6.19. The van der Waals surface area contributed by atoms with Crippen molar-refractivity contribution >= 4 is 34.8 Å². The SMILES string of the molecule is CC(C)C(=O)N1CCN(c2ccc(NC(=O)c3ccc(F)cc3)cc2Cl)CC1. The summed E-state index contributed by atoms with van der Waals surface area (Å²) in [6.07, 6.45) is 0. The van der Waals surface area contributed by atoms with Gasteiger partial charge in [0.05, 0.1) is 10.7 Å².